The van der Waals surface area contributed by atoms with E-state index in [9.17, 15) is 4.79 Å². The molecule has 0 saturated heterocycles. The molecular weight excluding hydrogens is 216 g/mol. The lowest BCUT2D eigenvalue weighted by molar-refractivity contribution is -0.105. The first kappa shape index (κ1) is 11.2. The van der Waals surface area contributed by atoms with Gasteiger partial charge < -0.3 is 11.1 Å². The maximum atomic E-state index is 10.3. The summed E-state index contributed by atoms with van der Waals surface area (Å²) in [6, 6.07) is 9.58. The molecular formula is C12H14N4O. The second kappa shape index (κ2) is 5.16. The molecule has 1 amide bonds. The first-order chi connectivity index (χ1) is 8.28. The molecule has 0 aliphatic carbocycles. The lowest BCUT2D eigenvalue weighted by Gasteiger charge is -2.03. The van der Waals surface area contributed by atoms with Crippen molar-refractivity contribution >= 4 is 17.9 Å². The predicted octanol–water partition coefficient (Wildman–Crippen LogP) is 1.35. The highest BCUT2D eigenvalue weighted by molar-refractivity contribution is 5.71. The SMILES string of the molecule is Nc1cc(CCc2cccc(NC=O)c2)[nH]n1. The van der Waals surface area contributed by atoms with E-state index in [0.29, 0.717) is 12.2 Å². The Bertz CT molecular complexity index is 507. The van der Waals surface area contributed by atoms with Crippen molar-refractivity contribution in [3.8, 4) is 0 Å². The number of rotatable bonds is 5. The standard InChI is InChI=1S/C12H14N4O/c13-12-7-11(15-16-12)5-4-9-2-1-3-10(6-9)14-8-17/h1-3,6-8H,4-5H2,(H,14,17)(H3,13,15,16). The number of amides is 1. The molecule has 0 spiro atoms. The van der Waals surface area contributed by atoms with E-state index in [1.807, 2.05) is 30.3 Å². The summed E-state index contributed by atoms with van der Waals surface area (Å²) in [6.07, 6.45) is 2.39. The van der Waals surface area contributed by atoms with Crippen molar-refractivity contribution in [1.82, 2.24) is 10.2 Å². The lowest BCUT2D eigenvalue weighted by Crippen LogP contribution is -1.96. The van der Waals surface area contributed by atoms with E-state index in [0.717, 1.165) is 29.8 Å². The minimum absolute atomic E-state index is 0.511. The number of H-pyrrole nitrogens is 1. The fraction of sp³-hybridized carbons (Fsp3) is 0.167. The molecule has 0 aliphatic heterocycles. The highest BCUT2D eigenvalue weighted by Crippen LogP contribution is 2.12. The average Bonchev–Trinajstić information content (AvgIpc) is 2.74. The molecule has 2 aromatic rings. The van der Waals surface area contributed by atoms with Crippen LogP contribution in [0.25, 0.3) is 0 Å². The molecule has 1 aromatic heterocycles. The van der Waals surface area contributed by atoms with E-state index < -0.39 is 0 Å². The number of nitrogens with zero attached hydrogens (tertiary/aromatic N) is 1. The normalized spacial score (nSPS) is 10.1. The van der Waals surface area contributed by atoms with Crippen LogP contribution in [0.15, 0.2) is 30.3 Å². The Labute approximate surface area is 99.0 Å². The van der Waals surface area contributed by atoms with Crippen LogP contribution in [0, 0.1) is 0 Å². The third-order valence-corrected chi connectivity index (χ3v) is 2.49. The first-order valence-electron chi connectivity index (χ1n) is 5.37. The fourth-order valence-electron chi connectivity index (χ4n) is 1.67. The molecule has 17 heavy (non-hydrogen) atoms. The summed E-state index contributed by atoms with van der Waals surface area (Å²) in [5.41, 5.74) is 8.49. The molecule has 0 aliphatic rings. The Morgan fingerprint density at radius 1 is 1.35 bits per heavy atom. The molecule has 5 nitrogen and oxygen atoms in total. The molecule has 0 atom stereocenters. The number of aromatic amines is 1. The number of nitrogens with one attached hydrogen (secondary N) is 2. The minimum atomic E-state index is 0.511. The van der Waals surface area contributed by atoms with Gasteiger partial charge in [-0.3, -0.25) is 9.89 Å². The van der Waals surface area contributed by atoms with Gasteiger partial charge in [-0.2, -0.15) is 5.10 Å². The number of nitrogens with two attached hydrogens (primary N) is 1. The summed E-state index contributed by atoms with van der Waals surface area (Å²) < 4.78 is 0. The van der Waals surface area contributed by atoms with Gasteiger partial charge in [-0.25, -0.2) is 0 Å². The quantitative estimate of drug-likeness (QED) is 0.678. The third kappa shape index (κ3) is 3.07. The number of carbonyl (C=O) groups is 1. The van der Waals surface area contributed by atoms with Gasteiger partial charge in [0.25, 0.3) is 0 Å². The summed E-state index contributed by atoms with van der Waals surface area (Å²) in [5, 5.41) is 9.37. The van der Waals surface area contributed by atoms with Crippen LogP contribution < -0.4 is 11.1 Å². The van der Waals surface area contributed by atoms with E-state index in [1.54, 1.807) is 0 Å². The van der Waals surface area contributed by atoms with Gasteiger partial charge in [-0.1, -0.05) is 12.1 Å². The summed E-state index contributed by atoms with van der Waals surface area (Å²) >= 11 is 0. The van der Waals surface area contributed by atoms with Crippen molar-refractivity contribution in [2.45, 2.75) is 12.8 Å². The number of aryl methyl sites for hydroxylation is 2. The van der Waals surface area contributed by atoms with Crippen LogP contribution >= 0.6 is 0 Å². The monoisotopic (exact) mass is 230 g/mol. The molecule has 0 saturated carbocycles. The number of nitrogen functional groups attached to an aromatic ring is 1. The molecule has 0 unspecified atom stereocenters. The second-order valence-corrected chi connectivity index (χ2v) is 3.78. The van der Waals surface area contributed by atoms with Crippen molar-refractivity contribution in [3.05, 3.63) is 41.6 Å². The third-order valence-electron chi connectivity index (χ3n) is 2.49. The topological polar surface area (TPSA) is 83.8 Å². The maximum Gasteiger partial charge on any atom is 0.211 e. The van der Waals surface area contributed by atoms with Gasteiger partial charge in [0.1, 0.15) is 5.82 Å². The number of aromatic nitrogens is 2. The van der Waals surface area contributed by atoms with Crippen LogP contribution in [0.4, 0.5) is 11.5 Å². The second-order valence-electron chi connectivity index (χ2n) is 3.78. The molecule has 1 aromatic carbocycles. The molecule has 0 bridgehead atoms. The van der Waals surface area contributed by atoms with Gasteiger partial charge in [-0.15, -0.1) is 0 Å². The van der Waals surface area contributed by atoms with Gasteiger partial charge in [-0.05, 0) is 30.5 Å². The Kier molecular flexibility index (Phi) is 3.40. The van der Waals surface area contributed by atoms with Crippen molar-refractivity contribution in [3.63, 3.8) is 0 Å². The van der Waals surface area contributed by atoms with Crippen molar-refractivity contribution < 1.29 is 4.79 Å². The summed E-state index contributed by atoms with van der Waals surface area (Å²) in [5.74, 6) is 0.511. The highest BCUT2D eigenvalue weighted by Gasteiger charge is 2.00. The van der Waals surface area contributed by atoms with E-state index in [1.165, 1.54) is 0 Å². The number of carbonyl (C=O) groups excluding carboxylic acids is 1. The van der Waals surface area contributed by atoms with Crippen molar-refractivity contribution in [1.29, 1.82) is 0 Å². The first-order valence-corrected chi connectivity index (χ1v) is 5.37. The maximum absolute atomic E-state index is 10.3. The zero-order chi connectivity index (χ0) is 12.1. The molecule has 5 heteroatoms. The average molecular weight is 230 g/mol. The van der Waals surface area contributed by atoms with Crippen LogP contribution in [-0.2, 0) is 17.6 Å². The Morgan fingerprint density at radius 3 is 2.94 bits per heavy atom. The van der Waals surface area contributed by atoms with E-state index in [2.05, 4.69) is 15.5 Å². The summed E-state index contributed by atoms with van der Waals surface area (Å²) in [7, 11) is 0. The number of hydrogen-bond donors (Lipinski definition) is 3. The molecule has 0 radical (unpaired) electrons. The Hall–Kier alpha value is -2.30. The van der Waals surface area contributed by atoms with Crippen LogP contribution in [0.3, 0.4) is 0 Å². The van der Waals surface area contributed by atoms with Gasteiger partial charge in [0.15, 0.2) is 0 Å². The molecule has 4 N–H and O–H groups in total. The number of hydrogen-bond acceptors (Lipinski definition) is 3. The number of anilines is 2. The van der Waals surface area contributed by atoms with Crippen molar-refractivity contribution in [2.24, 2.45) is 0 Å². The zero-order valence-corrected chi connectivity index (χ0v) is 9.31. The van der Waals surface area contributed by atoms with Crippen LogP contribution in [0.1, 0.15) is 11.3 Å². The smallest absolute Gasteiger partial charge is 0.211 e. The lowest BCUT2D eigenvalue weighted by atomic mass is 10.1. The van der Waals surface area contributed by atoms with E-state index >= 15 is 0 Å². The fourth-order valence-corrected chi connectivity index (χ4v) is 1.67. The van der Waals surface area contributed by atoms with Crippen LogP contribution in [-0.4, -0.2) is 16.6 Å². The Morgan fingerprint density at radius 2 is 2.24 bits per heavy atom. The predicted molar refractivity (Wildman–Crippen MR) is 66.5 cm³/mol. The molecule has 0 fully saturated rings. The molecule has 1 heterocycles. The zero-order valence-electron chi connectivity index (χ0n) is 9.31. The van der Waals surface area contributed by atoms with Gasteiger partial charge in [0.2, 0.25) is 6.41 Å². The van der Waals surface area contributed by atoms with Gasteiger partial charge in [0.05, 0.1) is 0 Å². The van der Waals surface area contributed by atoms with E-state index in [-0.39, 0.29) is 0 Å². The minimum Gasteiger partial charge on any atom is -0.382 e. The van der Waals surface area contributed by atoms with E-state index in [4.69, 9.17) is 5.73 Å². The largest absolute Gasteiger partial charge is 0.382 e. The van der Waals surface area contributed by atoms with Gasteiger partial charge in [0, 0.05) is 17.4 Å². The molecule has 2 rings (SSSR count). The van der Waals surface area contributed by atoms with Crippen LogP contribution in [0.5, 0.6) is 0 Å². The molecule has 88 valence electrons. The highest BCUT2D eigenvalue weighted by atomic mass is 16.1. The van der Waals surface area contributed by atoms with Crippen molar-refractivity contribution in [2.75, 3.05) is 11.1 Å². The summed E-state index contributed by atoms with van der Waals surface area (Å²) in [6.45, 7) is 0. The van der Waals surface area contributed by atoms with Crippen LogP contribution in [0.2, 0.25) is 0 Å². The number of benzene rings is 1. The Balaban J connectivity index is 1.98. The van der Waals surface area contributed by atoms with Gasteiger partial charge >= 0.3 is 0 Å². The summed E-state index contributed by atoms with van der Waals surface area (Å²) in [4.78, 5) is 10.3.